The van der Waals surface area contributed by atoms with E-state index in [4.69, 9.17) is 4.74 Å². The van der Waals surface area contributed by atoms with E-state index in [1.807, 2.05) is 6.07 Å². The monoisotopic (exact) mass is 289 g/mol. The van der Waals surface area contributed by atoms with E-state index in [1.54, 1.807) is 7.11 Å². The summed E-state index contributed by atoms with van der Waals surface area (Å²) >= 11 is 0. The molecule has 1 fully saturated rings. The molecule has 1 saturated carbocycles. The van der Waals surface area contributed by atoms with Crippen LogP contribution in [0, 0.1) is 17.8 Å². The van der Waals surface area contributed by atoms with Gasteiger partial charge < -0.3 is 10.1 Å². The van der Waals surface area contributed by atoms with Crippen molar-refractivity contribution < 1.29 is 4.74 Å². The lowest BCUT2D eigenvalue weighted by Crippen LogP contribution is -2.43. The van der Waals surface area contributed by atoms with Crippen LogP contribution in [0.25, 0.3) is 0 Å². The third-order valence-corrected chi connectivity index (χ3v) is 4.98. The van der Waals surface area contributed by atoms with Crippen molar-refractivity contribution in [3.63, 3.8) is 0 Å². The van der Waals surface area contributed by atoms with Crippen LogP contribution in [-0.2, 0) is 6.42 Å². The maximum Gasteiger partial charge on any atom is 0.119 e. The maximum atomic E-state index is 5.29. The summed E-state index contributed by atoms with van der Waals surface area (Å²) in [7, 11) is 1.73. The van der Waals surface area contributed by atoms with E-state index in [0.29, 0.717) is 6.04 Å². The smallest absolute Gasteiger partial charge is 0.119 e. The number of methoxy groups -OCH3 is 1. The van der Waals surface area contributed by atoms with Gasteiger partial charge in [-0.1, -0.05) is 39.3 Å². The lowest BCUT2D eigenvalue weighted by Gasteiger charge is -2.38. The summed E-state index contributed by atoms with van der Waals surface area (Å²) in [5.41, 5.74) is 1.35. The molecule has 0 amide bonds. The van der Waals surface area contributed by atoms with Crippen molar-refractivity contribution >= 4 is 0 Å². The molecule has 0 aliphatic heterocycles. The number of nitrogens with one attached hydrogen (secondary N) is 1. The largest absolute Gasteiger partial charge is 0.497 e. The predicted molar refractivity (Wildman–Crippen MR) is 89.8 cm³/mol. The van der Waals surface area contributed by atoms with Gasteiger partial charge >= 0.3 is 0 Å². The van der Waals surface area contributed by atoms with Crippen LogP contribution in [0.15, 0.2) is 24.3 Å². The molecule has 1 aromatic rings. The highest BCUT2D eigenvalue weighted by Crippen LogP contribution is 2.33. The Kier molecular flexibility index (Phi) is 6.10. The molecular formula is C19H31NO. The molecule has 1 N–H and O–H groups in total. The number of hydrogen-bond acceptors (Lipinski definition) is 2. The van der Waals surface area contributed by atoms with E-state index in [2.05, 4.69) is 44.3 Å². The molecule has 0 spiro atoms. The quantitative estimate of drug-likeness (QED) is 0.843. The van der Waals surface area contributed by atoms with Crippen LogP contribution in [0.4, 0.5) is 0 Å². The first kappa shape index (κ1) is 16.4. The number of rotatable bonds is 6. The minimum atomic E-state index is 0.694. The molecule has 0 saturated heterocycles. The first-order chi connectivity index (χ1) is 10.1. The average Bonchev–Trinajstić information content (AvgIpc) is 2.47. The van der Waals surface area contributed by atoms with Crippen molar-refractivity contribution in [2.45, 2.75) is 52.5 Å². The highest BCUT2D eigenvalue weighted by atomic mass is 16.5. The zero-order valence-electron chi connectivity index (χ0n) is 14.1. The molecule has 1 aromatic carbocycles. The molecule has 3 unspecified atom stereocenters. The standard InChI is InChI=1S/C19H31NO/c1-14(2)18-9-8-15(3)12-19(18)20-11-10-16-6-5-7-17(13-16)21-4/h5-7,13-15,18-20H,8-12H2,1-4H3. The van der Waals surface area contributed by atoms with Gasteiger partial charge in [0.05, 0.1) is 7.11 Å². The molecule has 1 aliphatic rings. The SMILES string of the molecule is COc1cccc(CCNC2CC(C)CCC2C(C)C)c1. The van der Waals surface area contributed by atoms with Crippen LogP contribution in [0.2, 0.25) is 0 Å². The van der Waals surface area contributed by atoms with E-state index in [1.165, 1.54) is 24.8 Å². The molecule has 2 heteroatoms. The van der Waals surface area contributed by atoms with E-state index < -0.39 is 0 Å². The fourth-order valence-electron chi connectivity index (χ4n) is 3.67. The van der Waals surface area contributed by atoms with Crippen LogP contribution < -0.4 is 10.1 Å². The molecule has 2 rings (SSSR count). The van der Waals surface area contributed by atoms with Crippen LogP contribution in [0.3, 0.4) is 0 Å². The maximum absolute atomic E-state index is 5.29. The van der Waals surface area contributed by atoms with Gasteiger partial charge in [0.15, 0.2) is 0 Å². The number of ether oxygens (including phenoxy) is 1. The fourth-order valence-corrected chi connectivity index (χ4v) is 3.67. The summed E-state index contributed by atoms with van der Waals surface area (Å²) in [5.74, 6) is 3.45. The van der Waals surface area contributed by atoms with Gasteiger partial charge in [0, 0.05) is 6.04 Å². The first-order valence-corrected chi connectivity index (χ1v) is 8.46. The Morgan fingerprint density at radius 2 is 2.10 bits per heavy atom. The van der Waals surface area contributed by atoms with Gasteiger partial charge in [-0.2, -0.15) is 0 Å². The van der Waals surface area contributed by atoms with Crippen molar-refractivity contribution in [1.29, 1.82) is 0 Å². The second-order valence-corrected chi connectivity index (χ2v) is 6.99. The Hall–Kier alpha value is -1.02. The summed E-state index contributed by atoms with van der Waals surface area (Å²) in [5, 5.41) is 3.83. The van der Waals surface area contributed by atoms with Crippen LogP contribution in [-0.4, -0.2) is 19.7 Å². The fraction of sp³-hybridized carbons (Fsp3) is 0.684. The first-order valence-electron chi connectivity index (χ1n) is 8.46. The summed E-state index contributed by atoms with van der Waals surface area (Å²) in [6.45, 7) is 8.20. The van der Waals surface area contributed by atoms with Crippen molar-refractivity contribution in [3.05, 3.63) is 29.8 Å². The van der Waals surface area contributed by atoms with Crippen molar-refractivity contribution in [2.75, 3.05) is 13.7 Å². The Balaban J connectivity index is 1.85. The molecular weight excluding hydrogens is 258 g/mol. The molecule has 118 valence electrons. The Morgan fingerprint density at radius 1 is 1.29 bits per heavy atom. The molecule has 21 heavy (non-hydrogen) atoms. The highest BCUT2D eigenvalue weighted by molar-refractivity contribution is 5.28. The van der Waals surface area contributed by atoms with E-state index in [0.717, 1.165) is 36.5 Å². The summed E-state index contributed by atoms with van der Waals surface area (Å²) in [4.78, 5) is 0. The van der Waals surface area contributed by atoms with Gasteiger partial charge in [-0.25, -0.2) is 0 Å². The second kappa shape index (κ2) is 7.84. The van der Waals surface area contributed by atoms with Gasteiger partial charge in [-0.3, -0.25) is 0 Å². The number of benzene rings is 1. The van der Waals surface area contributed by atoms with Crippen LogP contribution in [0.5, 0.6) is 5.75 Å². The molecule has 3 atom stereocenters. The highest BCUT2D eigenvalue weighted by Gasteiger charge is 2.29. The molecule has 0 heterocycles. The summed E-state index contributed by atoms with van der Waals surface area (Å²) < 4.78 is 5.29. The zero-order valence-corrected chi connectivity index (χ0v) is 14.1. The molecule has 0 aromatic heterocycles. The van der Waals surface area contributed by atoms with Gasteiger partial charge in [-0.05, 0) is 61.3 Å². The lowest BCUT2D eigenvalue weighted by molar-refractivity contribution is 0.171. The minimum Gasteiger partial charge on any atom is -0.497 e. The molecule has 0 bridgehead atoms. The van der Waals surface area contributed by atoms with Crippen LogP contribution in [0.1, 0.15) is 45.6 Å². The normalized spacial score (nSPS) is 26.0. The van der Waals surface area contributed by atoms with Gasteiger partial charge in [0.2, 0.25) is 0 Å². The van der Waals surface area contributed by atoms with Crippen molar-refractivity contribution in [2.24, 2.45) is 17.8 Å². The van der Waals surface area contributed by atoms with Crippen LogP contribution >= 0.6 is 0 Å². The van der Waals surface area contributed by atoms with E-state index in [-0.39, 0.29) is 0 Å². The lowest BCUT2D eigenvalue weighted by atomic mass is 9.74. The second-order valence-electron chi connectivity index (χ2n) is 6.99. The Labute approximate surface area is 130 Å². The third-order valence-electron chi connectivity index (χ3n) is 4.98. The van der Waals surface area contributed by atoms with E-state index >= 15 is 0 Å². The molecule has 0 radical (unpaired) electrons. The topological polar surface area (TPSA) is 21.3 Å². The summed E-state index contributed by atoms with van der Waals surface area (Å²) in [6, 6.07) is 9.11. The molecule has 1 aliphatic carbocycles. The van der Waals surface area contributed by atoms with Gasteiger partial charge in [0.25, 0.3) is 0 Å². The van der Waals surface area contributed by atoms with E-state index in [9.17, 15) is 0 Å². The average molecular weight is 289 g/mol. The van der Waals surface area contributed by atoms with Gasteiger partial charge in [0.1, 0.15) is 5.75 Å². The molecule has 2 nitrogen and oxygen atoms in total. The Morgan fingerprint density at radius 3 is 2.81 bits per heavy atom. The summed E-state index contributed by atoms with van der Waals surface area (Å²) in [6.07, 6.45) is 5.19. The third kappa shape index (κ3) is 4.74. The Bertz CT molecular complexity index is 429. The minimum absolute atomic E-state index is 0.694. The zero-order chi connectivity index (χ0) is 15.2. The van der Waals surface area contributed by atoms with Crippen molar-refractivity contribution in [3.8, 4) is 5.75 Å². The van der Waals surface area contributed by atoms with Crippen molar-refractivity contribution in [1.82, 2.24) is 5.32 Å². The number of hydrogen-bond donors (Lipinski definition) is 1. The van der Waals surface area contributed by atoms with Gasteiger partial charge in [-0.15, -0.1) is 0 Å². The predicted octanol–water partition coefficient (Wildman–Crippen LogP) is 4.29.